The minimum atomic E-state index is -1.01. The van der Waals surface area contributed by atoms with Gasteiger partial charge in [-0.1, -0.05) is 6.08 Å². The molecule has 17 heavy (non-hydrogen) atoms. The van der Waals surface area contributed by atoms with Crippen LogP contribution in [0.3, 0.4) is 0 Å². The van der Waals surface area contributed by atoms with Crippen LogP contribution in [0.5, 0.6) is 5.75 Å². The Bertz CT molecular complexity index is 398. The van der Waals surface area contributed by atoms with Crippen LogP contribution in [0, 0.1) is 5.82 Å². The Kier molecular flexibility index (Phi) is 4.26. The third-order valence-corrected chi connectivity index (χ3v) is 2.14. The summed E-state index contributed by atoms with van der Waals surface area (Å²) in [5.74, 6) is -0.141. The first-order chi connectivity index (χ1) is 7.95. The second-order valence-electron chi connectivity index (χ2n) is 4.06. The summed E-state index contributed by atoms with van der Waals surface area (Å²) < 4.78 is 18.2. The van der Waals surface area contributed by atoms with Crippen LogP contribution < -0.4 is 10.1 Å². The maximum Gasteiger partial charge on any atom is 0.263 e. The van der Waals surface area contributed by atoms with Gasteiger partial charge in [-0.3, -0.25) is 4.79 Å². The van der Waals surface area contributed by atoms with E-state index in [4.69, 9.17) is 4.74 Å². The molecule has 0 aromatic heterocycles. The second-order valence-corrected chi connectivity index (χ2v) is 4.06. The third kappa shape index (κ3) is 3.90. The second kappa shape index (κ2) is 5.48. The molecule has 0 bridgehead atoms. The molecule has 1 N–H and O–H groups in total. The molecule has 0 saturated carbocycles. The van der Waals surface area contributed by atoms with Crippen molar-refractivity contribution >= 4 is 5.91 Å². The fourth-order valence-electron chi connectivity index (χ4n) is 1.22. The minimum absolute atomic E-state index is 0.248. The van der Waals surface area contributed by atoms with Crippen molar-refractivity contribution in [3.8, 4) is 5.75 Å². The molecule has 0 fully saturated rings. The van der Waals surface area contributed by atoms with Gasteiger partial charge in [0.25, 0.3) is 5.91 Å². The fourth-order valence-corrected chi connectivity index (χ4v) is 1.22. The van der Waals surface area contributed by atoms with Crippen molar-refractivity contribution < 1.29 is 13.9 Å². The molecule has 0 radical (unpaired) electrons. The van der Waals surface area contributed by atoms with Crippen molar-refractivity contribution in [1.82, 2.24) is 5.32 Å². The Labute approximate surface area is 100 Å². The minimum Gasteiger partial charge on any atom is -0.478 e. The maximum absolute atomic E-state index is 12.7. The number of carbonyl (C=O) groups is 1. The molecule has 0 spiro atoms. The van der Waals surface area contributed by atoms with E-state index in [1.54, 1.807) is 19.9 Å². The highest BCUT2D eigenvalue weighted by atomic mass is 19.1. The summed E-state index contributed by atoms with van der Waals surface area (Å²) in [5.41, 5.74) is -1.01. The van der Waals surface area contributed by atoms with Gasteiger partial charge in [-0.25, -0.2) is 4.39 Å². The number of nitrogens with one attached hydrogen (secondary N) is 1. The average molecular weight is 237 g/mol. The van der Waals surface area contributed by atoms with E-state index in [-0.39, 0.29) is 11.7 Å². The van der Waals surface area contributed by atoms with Crippen LogP contribution in [0.1, 0.15) is 13.8 Å². The lowest BCUT2D eigenvalue weighted by Gasteiger charge is -2.25. The molecule has 1 rings (SSSR count). The highest BCUT2D eigenvalue weighted by Crippen LogP contribution is 2.18. The first kappa shape index (κ1) is 13.2. The van der Waals surface area contributed by atoms with Crippen LogP contribution in [0.25, 0.3) is 0 Å². The van der Waals surface area contributed by atoms with Gasteiger partial charge in [0, 0.05) is 6.54 Å². The predicted molar refractivity (Wildman–Crippen MR) is 64.3 cm³/mol. The topological polar surface area (TPSA) is 38.3 Å². The highest BCUT2D eigenvalue weighted by molar-refractivity contribution is 5.84. The number of benzene rings is 1. The number of rotatable bonds is 5. The molecule has 0 heterocycles. The molecule has 4 heteroatoms. The lowest BCUT2D eigenvalue weighted by atomic mass is 10.1. The molecule has 1 aromatic carbocycles. The van der Waals surface area contributed by atoms with Gasteiger partial charge in [0.1, 0.15) is 11.6 Å². The van der Waals surface area contributed by atoms with Gasteiger partial charge < -0.3 is 10.1 Å². The molecule has 1 aromatic rings. The molecule has 3 nitrogen and oxygen atoms in total. The normalized spacial score (nSPS) is 10.8. The van der Waals surface area contributed by atoms with Gasteiger partial charge in [-0.15, -0.1) is 6.58 Å². The molecular formula is C13H16FNO2. The molecule has 0 aliphatic heterocycles. The molecule has 0 aliphatic rings. The van der Waals surface area contributed by atoms with E-state index in [9.17, 15) is 9.18 Å². The zero-order chi connectivity index (χ0) is 12.9. The lowest BCUT2D eigenvalue weighted by molar-refractivity contribution is -0.133. The predicted octanol–water partition coefficient (Wildman–Crippen LogP) is 2.29. The quantitative estimate of drug-likeness (QED) is 0.798. The summed E-state index contributed by atoms with van der Waals surface area (Å²) in [6.07, 6.45) is 1.59. The van der Waals surface area contributed by atoms with E-state index in [1.165, 1.54) is 24.3 Å². The van der Waals surface area contributed by atoms with Crippen molar-refractivity contribution in [3.05, 3.63) is 42.7 Å². The summed E-state index contributed by atoms with van der Waals surface area (Å²) in [5, 5.41) is 2.65. The Morgan fingerprint density at radius 3 is 2.59 bits per heavy atom. The number of carbonyl (C=O) groups excluding carboxylic acids is 1. The zero-order valence-electron chi connectivity index (χ0n) is 10.00. The highest BCUT2D eigenvalue weighted by Gasteiger charge is 2.29. The number of hydrogen-bond acceptors (Lipinski definition) is 2. The molecule has 0 atom stereocenters. The Hall–Kier alpha value is -1.84. The summed E-state index contributed by atoms with van der Waals surface area (Å²) in [4.78, 5) is 11.7. The van der Waals surface area contributed by atoms with Gasteiger partial charge in [0.15, 0.2) is 5.60 Å². The number of amides is 1. The largest absolute Gasteiger partial charge is 0.478 e. The van der Waals surface area contributed by atoms with Crippen LogP contribution in [0.15, 0.2) is 36.9 Å². The standard InChI is InChI=1S/C13H16FNO2/c1-4-9-15-12(16)13(2,3)17-11-7-5-10(14)6-8-11/h4-8H,1,9H2,2-3H3,(H,15,16). The molecule has 1 amide bonds. The number of ether oxygens (including phenoxy) is 1. The Balaban J connectivity index is 2.68. The van der Waals surface area contributed by atoms with E-state index in [1.807, 2.05) is 0 Å². The molecule has 0 unspecified atom stereocenters. The van der Waals surface area contributed by atoms with Crippen LogP contribution in [-0.4, -0.2) is 18.1 Å². The molecule has 0 aliphatic carbocycles. The van der Waals surface area contributed by atoms with Crippen molar-refractivity contribution in [2.75, 3.05) is 6.54 Å². The molecular weight excluding hydrogens is 221 g/mol. The van der Waals surface area contributed by atoms with E-state index >= 15 is 0 Å². The van der Waals surface area contributed by atoms with Gasteiger partial charge in [0.05, 0.1) is 0 Å². The maximum atomic E-state index is 12.7. The summed E-state index contributed by atoms with van der Waals surface area (Å²) in [6, 6.07) is 5.54. The average Bonchev–Trinajstić information content (AvgIpc) is 2.28. The lowest BCUT2D eigenvalue weighted by Crippen LogP contribution is -2.46. The molecule has 92 valence electrons. The fraction of sp³-hybridized carbons (Fsp3) is 0.308. The van der Waals surface area contributed by atoms with Crippen molar-refractivity contribution in [3.63, 3.8) is 0 Å². The van der Waals surface area contributed by atoms with Crippen LogP contribution in [0.2, 0.25) is 0 Å². The molecule has 0 saturated heterocycles. The summed E-state index contributed by atoms with van der Waals surface area (Å²) in [7, 11) is 0. The van der Waals surface area contributed by atoms with E-state index < -0.39 is 5.60 Å². The van der Waals surface area contributed by atoms with Crippen molar-refractivity contribution in [1.29, 1.82) is 0 Å². The Morgan fingerprint density at radius 2 is 2.06 bits per heavy atom. The summed E-state index contributed by atoms with van der Waals surface area (Å²) in [6.45, 7) is 7.19. The first-order valence-electron chi connectivity index (χ1n) is 5.29. The third-order valence-electron chi connectivity index (χ3n) is 2.14. The van der Waals surface area contributed by atoms with Crippen LogP contribution in [-0.2, 0) is 4.79 Å². The first-order valence-corrected chi connectivity index (χ1v) is 5.29. The van der Waals surface area contributed by atoms with Gasteiger partial charge >= 0.3 is 0 Å². The van der Waals surface area contributed by atoms with Gasteiger partial charge in [-0.2, -0.15) is 0 Å². The van der Waals surface area contributed by atoms with Crippen LogP contribution >= 0.6 is 0 Å². The number of hydrogen-bond donors (Lipinski definition) is 1. The van der Waals surface area contributed by atoms with E-state index in [2.05, 4.69) is 11.9 Å². The van der Waals surface area contributed by atoms with E-state index in [0.29, 0.717) is 12.3 Å². The van der Waals surface area contributed by atoms with Crippen molar-refractivity contribution in [2.45, 2.75) is 19.4 Å². The van der Waals surface area contributed by atoms with E-state index in [0.717, 1.165) is 0 Å². The van der Waals surface area contributed by atoms with Gasteiger partial charge in [0.2, 0.25) is 0 Å². The summed E-state index contributed by atoms with van der Waals surface area (Å²) >= 11 is 0. The van der Waals surface area contributed by atoms with Crippen molar-refractivity contribution in [2.24, 2.45) is 0 Å². The monoisotopic (exact) mass is 237 g/mol. The van der Waals surface area contributed by atoms with Crippen LogP contribution in [0.4, 0.5) is 4.39 Å². The van der Waals surface area contributed by atoms with Gasteiger partial charge in [-0.05, 0) is 38.1 Å². The number of halogens is 1. The smallest absolute Gasteiger partial charge is 0.263 e. The Morgan fingerprint density at radius 1 is 1.47 bits per heavy atom. The zero-order valence-corrected chi connectivity index (χ0v) is 10.00. The SMILES string of the molecule is C=CCNC(=O)C(C)(C)Oc1ccc(F)cc1.